The van der Waals surface area contributed by atoms with Crippen molar-refractivity contribution in [2.75, 3.05) is 45.9 Å². The van der Waals surface area contributed by atoms with Crippen LogP contribution in [-0.2, 0) is 4.79 Å². The van der Waals surface area contributed by atoms with E-state index in [0.717, 1.165) is 32.7 Å². The molecule has 6 heteroatoms. The Hall–Kier alpha value is -1.66. The maximum Gasteiger partial charge on any atom is 0.234 e. The standard InChI is InChI=1S/C17H26FN3O2/c1-14(2)19-17(22)13-21-9-7-20(8-10-21)11-12-23-16-6-4-3-5-15(16)18/h3-6,14H,7-13H2,1-2H3,(H,19,22). The lowest BCUT2D eigenvalue weighted by molar-refractivity contribution is -0.123. The highest BCUT2D eigenvalue weighted by Crippen LogP contribution is 2.15. The van der Waals surface area contributed by atoms with Crippen molar-refractivity contribution in [2.45, 2.75) is 19.9 Å². The molecule has 1 heterocycles. The number of carbonyl (C=O) groups is 1. The second-order valence-corrected chi connectivity index (χ2v) is 6.12. The summed E-state index contributed by atoms with van der Waals surface area (Å²) in [6.07, 6.45) is 0. The molecule has 0 radical (unpaired) electrons. The average Bonchev–Trinajstić information content (AvgIpc) is 2.50. The van der Waals surface area contributed by atoms with Crippen LogP contribution in [-0.4, -0.2) is 67.6 Å². The number of hydrogen-bond acceptors (Lipinski definition) is 4. The number of amides is 1. The van der Waals surface area contributed by atoms with E-state index in [1.807, 2.05) is 13.8 Å². The van der Waals surface area contributed by atoms with Gasteiger partial charge in [-0.25, -0.2) is 4.39 Å². The van der Waals surface area contributed by atoms with E-state index in [2.05, 4.69) is 15.1 Å². The van der Waals surface area contributed by atoms with Gasteiger partial charge in [0.15, 0.2) is 11.6 Å². The van der Waals surface area contributed by atoms with Gasteiger partial charge in [-0.2, -0.15) is 0 Å². The molecule has 0 saturated carbocycles. The zero-order valence-electron chi connectivity index (χ0n) is 13.9. The van der Waals surface area contributed by atoms with Crippen LogP contribution in [0.4, 0.5) is 4.39 Å². The van der Waals surface area contributed by atoms with E-state index in [-0.39, 0.29) is 17.8 Å². The van der Waals surface area contributed by atoms with Gasteiger partial charge in [0.25, 0.3) is 0 Å². The molecule has 0 bridgehead atoms. The van der Waals surface area contributed by atoms with Crippen molar-refractivity contribution in [3.63, 3.8) is 0 Å². The molecule has 0 aromatic heterocycles. The molecule has 1 saturated heterocycles. The smallest absolute Gasteiger partial charge is 0.234 e. The fourth-order valence-electron chi connectivity index (χ4n) is 2.59. The second-order valence-electron chi connectivity index (χ2n) is 6.12. The van der Waals surface area contributed by atoms with Crippen LogP contribution in [0.2, 0.25) is 0 Å². The number of hydrogen-bond donors (Lipinski definition) is 1. The average molecular weight is 323 g/mol. The molecule has 2 rings (SSSR count). The van der Waals surface area contributed by atoms with E-state index in [4.69, 9.17) is 4.74 Å². The minimum atomic E-state index is -0.325. The highest BCUT2D eigenvalue weighted by atomic mass is 19.1. The molecular weight excluding hydrogens is 297 g/mol. The summed E-state index contributed by atoms with van der Waals surface area (Å²) in [6.45, 7) is 9.14. The largest absolute Gasteiger partial charge is 0.489 e. The van der Waals surface area contributed by atoms with Gasteiger partial charge in [0.1, 0.15) is 6.61 Å². The molecule has 23 heavy (non-hydrogen) atoms. The Kier molecular flexibility index (Phi) is 6.80. The Balaban J connectivity index is 1.63. The quantitative estimate of drug-likeness (QED) is 0.823. The number of para-hydroxylation sites is 1. The summed E-state index contributed by atoms with van der Waals surface area (Å²) in [5.41, 5.74) is 0. The van der Waals surface area contributed by atoms with Crippen LogP contribution in [0, 0.1) is 5.82 Å². The van der Waals surface area contributed by atoms with Crippen molar-refractivity contribution in [3.05, 3.63) is 30.1 Å². The summed E-state index contributed by atoms with van der Waals surface area (Å²) in [7, 11) is 0. The lowest BCUT2D eigenvalue weighted by atomic mass is 10.3. The number of ether oxygens (including phenoxy) is 1. The number of benzene rings is 1. The van der Waals surface area contributed by atoms with Crippen molar-refractivity contribution in [2.24, 2.45) is 0 Å². The maximum atomic E-state index is 13.4. The van der Waals surface area contributed by atoms with Crippen molar-refractivity contribution >= 4 is 5.91 Å². The van der Waals surface area contributed by atoms with Crippen molar-refractivity contribution < 1.29 is 13.9 Å². The van der Waals surface area contributed by atoms with Crippen LogP contribution >= 0.6 is 0 Å². The molecule has 128 valence electrons. The van der Waals surface area contributed by atoms with Crippen LogP contribution in [0.25, 0.3) is 0 Å². The minimum Gasteiger partial charge on any atom is -0.489 e. The first-order valence-electron chi connectivity index (χ1n) is 8.16. The molecule has 0 spiro atoms. The van der Waals surface area contributed by atoms with Gasteiger partial charge in [0, 0.05) is 38.8 Å². The predicted molar refractivity (Wildman–Crippen MR) is 88.1 cm³/mol. The Morgan fingerprint density at radius 1 is 1.22 bits per heavy atom. The van der Waals surface area contributed by atoms with Crippen LogP contribution < -0.4 is 10.1 Å². The number of halogens is 1. The Bertz CT molecular complexity index is 502. The molecule has 0 aliphatic carbocycles. The third kappa shape index (κ3) is 6.15. The lowest BCUT2D eigenvalue weighted by Gasteiger charge is -2.34. The summed E-state index contributed by atoms with van der Waals surface area (Å²) < 4.78 is 18.9. The lowest BCUT2D eigenvalue weighted by Crippen LogP contribution is -2.50. The molecule has 1 aromatic rings. The maximum absolute atomic E-state index is 13.4. The van der Waals surface area contributed by atoms with Gasteiger partial charge in [0.2, 0.25) is 5.91 Å². The van der Waals surface area contributed by atoms with Gasteiger partial charge in [-0.05, 0) is 26.0 Å². The number of nitrogens with zero attached hydrogens (tertiary/aromatic N) is 2. The van der Waals surface area contributed by atoms with Crippen molar-refractivity contribution in [1.29, 1.82) is 0 Å². The fourth-order valence-corrected chi connectivity index (χ4v) is 2.59. The Morgan fingerprint density at radius 3 is 2.52 bits per heavy atom. The Labute approximate surface area is 137 Å². The van der Waals surface area contributed by atoms with Crippen molar-refractivity contribution in [1.82, 2.24) is 15.1 Å². The van der Waals surface area contributed by atoms with Gasteiger partial charge < -0.3 is 10.1 Å². The third-order valence-corrected chi connectivity index (χ3v) is 3.78. The normalized spacial score (nSPS) is 16.5. The number of carbonyl (C=O) groups excluding carboxylic acids is 1. The van der Waals surface area contributed by atoms with E-state index in [1.165, 1.54) is 6.07 Å². The predicted octanol–water partition coefficient (Wildman–Crippen LogP) is 1.35. The minimum absolute atomic E-state index is 0.0799. The van der Waals surface area contributed by atoms with Gasteiger partial charge >= 0.3 is 0 Å². The van der Waals surface area contributed by atoms with Gasteiger partial charge in [-0.3, -0.25) is 14.6 Å². The van der Waals surface area contributed by atoms with E-state index in [0.29, 0.717) is 18.9 Å². The number of rotatable bonds is 7. The first-order chi connectivity index (χ1) is 11.0. The van der Waals surface area contributed by atoms with Crippen LogP contribution in [0.5, 0.6) is 5.75 Å². The number of piperazine rings is 1. The topological polar surface area (TPSA) is 44.8 Å². The first kappa shape index (κ1) is 17.7. The first-order valence-corrected chi connectivity index (χ1v) is 8.16. The molecule has 1 aliphatic rings. The summed E-state index contributed by atoms with van der Waals surface area (Å²) in [6, 6.07) is 6.63. The van der Waals surface area contributed by atoms with E-state index >= 15 is 0 Å². The molecule has 1 aromatic carbocycles. The zero-order valence-corrected chi connectivity index (χ0v) is 13.9. The molecule has 1 fully saturated rings. The van der Waals surface area contributed by atoms with Crippen LogP contribution in [0.1, 0.15) is 13.8 Å². The highest BCUT2D eigenvalue weighted by molar-refractivity contribution is 5.78. The van der Waals surface area contributed by atoms with E-state index < -0.39 is 0 Å². The van der Waals surface area contributed by atoms with Crippen LogP contribution in [0.15, 0.2) is 24.3 Å². The summed E-state index contributed by atoms with van der Waals surface area (Å²) in [5.74, 6) is 0.0568. The molecular formula is C17H26FN3O2. The van der Waals surface area contributed by atoms with Gasteiger partial charge in [0.05, 0.1) is 6.54 Å². The molecule has 1 amide bonds. The summed E-state index contributed by atoms with van der Waals surface area (Å²) in [4.78, 5) is 16.2. The zero-order chi connectivity index (χ0) is 16.7. The van der Waals surface area contributed by atoms with E-state index in [9.17, 15) is 9.18 Å². The van der Waals surface area contributed by atoms with Gasteiger partial charge in [-0.15, -0.1) is 0 Å². The van der Waals surface area contributed by atoms with E-state index in [1.54, 1.807) is 18.2 Å². The third-order valence-electron chi connectivity index (χ3n) is 3.78. The molecule has 5 nitrogen and oxygen atoms in total. The summed E-state index contributed by atoms with van der Waals surface area (Å²) in [5, 5.41) is 2.91. The second kappa shape index (κ2) is 8.84. The molecule has 1 N–H and O–H groups in total. The molecule has 0 atom stereocenters. The molecule has 1 aliphatic heterocycles. The Morgan fingerprint density at radius 2 is 1.87 bits per heavy atom. The number of nitrogens with one attached hydrogen (secondary N) is 1. The fraction of sp³-hybridized carbons (Fsp3) is 0.588. The SMILES string of the molecule is CC(C)NC(=O)CN1CCN(CCOc2ccccc2F)CC1. The van der Waals surface area contributed by atoms with Gasteiger partial charge in [-0.1, -0.05) is 12.1 Å². The monoisotopic (exact) mass is 323 g/mol. The summed E-state index contributed by atoms with van der Waals surface area (Å²) >= 11 is 0. The van der Waals surface area contributed by atoms with Crippen LogP contribution in [0.3, 0.4) is 0 Å². The van der Waals surface area contributed by atoms with Crippen molar-refractivity contribution in [3.8, 4) is 5.75 Å². The molecule has 0 unspecified atom stereocenters. The highest BCUT2D eigenvalue weighted by Gasteiger charge is 2.19.